The third-order valence-corrected chi connectivity index (χ3v) is 5.94. The molecule has 3 amide bonds. The molecule has 1 saturated heterocycles. The number of hydrogen-bond acceptors (Lipinski definition) is 6. The van der Waals surface area contributed by atoms with Crippen LogP contribution in [0.2, 0.25) is 0 Å². The Morgan fingerprint density at radius 1 is 1.11 bits per heavy atom. The van der Waals surface area contributed by atoms with Crippen LogP contribution in [0.15, 0.2) is 58.7 Å². The van der Waals surface area contributed by atoms with E-state index in [9.17, 15) is 14.4 Å². The third-order valence-electron chi connectivity index (χ3n) is 4.92. The highest BCUT2D eigenvalue weighted by atomic mass is 32.2. The molecule has 1 unspecified atom stereocenters. The molecule has 3 aromatic rings. The van der Waals surface area contributed by atoms with Gasteiger partial charge in [-0.05, 0) is 24.6 Å². The van der Waals surface area contributed by atoms with Crippen LogP contribution in [0.1, 0.15) is 23.2 Å². The quantitative estimate of drug-likeness (QED) is 0.691. The molecule has 1 atom stereocenters. The predicted molar refractivity (Wildman–Crippen MR) is 103 cm³/mol. The summed E-state index contributed by atoms with van der Waals surface area (Å²) in [7, 11) is 0. The summed E-state index contributed by atoms with van der Waals surface area (Å²) in [6.07, 6.45) is 5.70. The van der Waals surface area contributed by atoms with E-state index in [-0.39, 0.29) is 18.2 Å². The van der Waals surface area contributed by atoms with Gasteiger partial charge in [0.25, 0.3) is 5.91 Å². The van der Waals surface area contributed by atoms with Gasteiger partial charge < -0.3 is 0 Å². The van der Waals surface area contributed by atoms with Gasteiger partial charge in [-0.25, -0.2) is 4.98 Å². The first-order valence-electron chi connectivity index (χ1n) is 8.80. The first kappa shape index (κ1) is 16.9. The lowest BCUT2D eigenvalue weighted by Crippen LogP contribution is -2.53. The largest absolute Gasteiger partial charge is 0.295 e. The molecule has 138 valence electrons. The molecule has 28 heavy (non-hydrogen) atoms. The van der Waals surface area contributed by atoms with Gasteiger partial charge in [0.2, 0.25) is 11.8 Å². The van der Waals surface area contributed by atoms with Crippen molar-refractivity contribution in [3.05, 3.63) is 54.5 Å². The van der Waals surface area contributed by atoms with Crippen LogP contribution in [0.4, 0.5) is 5.82 Å². The molecule has 2 aromatic heterocycles. The van der Waals surface area contributed by atoms with Gasteiger partial charge in [-0.1, -0.05) is 23.9 Å². The van der Waals surface area contributed by atoms with Crippen molar-refractivity contribution in [1.29, 1.82) is 0 Å². The monoisotopic (exact) mass is 390 g/mol. The minimum atomic E-state index is -0.731. The Morgan fingerprint density at radius 2 is 2.00 bits per heavy atom. The molecule has 2 aliphatic heterocycles. The van der Waals surface area contributed by atoms with E-state index in [0.717, 1.165) is 20.6 Å². The summed E-state index contributed by atoms with van der Waals surface area (Å²) in [6, 6.07) is 8.63. The van der Waals surface area contributed by atoms with Crippen molar-refractivity contribution in [3.8, 4) is 0 Å². The lowest BCUT2D eigenvalue weighted by molar-refractivity contribution is -0.134. The molecule has 7 nitrogen and oxygen atoms in total. The van der Waals surface area contributed by atoms with Crippen LogP contribution in [0, 0.1) is 0 Å². The lowest BCUT2D eigenvalue weighted by Gasteiger charge is -2.29. The van der Waals surface area contributed by atoms with Gasteiger partial charge in [0, 0.05) is 45.6 Å². The van der Waals surface area contributed by atoms with E-state index in [1.807, 2.05) is 24.3 Å². The lowest BCUT2D eigenvalue weighted by atomic mass is 10.0. The van der Waals surface area contributed by atoms with Gasteiger partial charge in [0.1, 0.15) is 11.9 Å². The molecule has 0 spiro atoms. The average Bonchev–Trinajstić information content (AvgIpc) is 2.98. The molecule has 0 saturated carbocycles. The minimum absolute atomic E-state index is 0.203. The van der Waals surface area contributed by atoms with Gasteiger partial charge in [-0.2, -0.15) is 0 Å². The SMILES string of the molecule is O=C1CCC(N2C(=O)c3cccc4c(Sc5cccnc5)cnc2c34)C(=O)N1. The van der Waals surface area contributed by atoms with E-state index >= 15 is 0 Å². The van der Waals surface area contributed by atoms with E-state index in [4.69, 9.17) is 0 Å². The van der Waals surface area contributed by atoms with Crippen molar-refractivity contribution < 1.29 is 14.4 Å². The number of pyridine rings is 2. The van der Waals surface area contributed by atoms with Crippen molar-refractivity contribution in [2.45, 2.75) is 28.7 Å². The summed E-state index contributed by atoms with van der Waals surface area (Å²) in [4.78, 5) is 48.9. The fraction of sp³-hybridized carbons (Fsp3) is 0.150. The fourth-order valence-corrected chi connectivity index (χ4v) is 4.57. The average molecular weight is 390 g/mol. The number of hydrogen-bond donors (Lipinski definition) is 1. The molecule has 8 heteroatoms. The molecule has 5 rings (SSSR count). The Hall–Kier alpha value is -3.26. The smallest absolute Gasteiger partial charge is 0.260 e. The molecule has 2 aliphatic rings. The molecular formula is C20H14N4O3S. The van der Waals surface area contributed by atoms with Crippen LogP contribution in [-0.2, 0) is 9.59 Å². The minimum Gasteiger partial charge on any atom is -0.295 e. The highest BCUT2D eigenvalue weighted by Gasteiger charge is 2.41. The molecular weight excluding hydrogens is 376 g/mol. The Balaban J connectivity index is 1.61. The Bertz CT molecular complexity index is 1150. The molecule has 0 aliphatic carbocycles. The number of carbonyl (C=O) groups is 3. The van der Waals surface area contributed by atoms with Crippen molar-refractivity contribution >= 4 is 46.1 Å². The van der Waals surface area contributed by atoms with Crippen molar-refractivity contribution in [2.24, 2.45) is 0 Å². The number of imide groups is 1. The number of nitrogens with zero attached hydrogens (tertiary/aromatic N) is 3. The maximum absolute atomic E-state index is 13.1. The third kappa shape index (κ3) is 2.56. The second kappa shape index (κ2) is 6.42. The van der Waals surface area contributed by atoms with E-state index in [2.05, 4.69) is 15.3 Å². The van der Waals surface area contributed by atoms with E-state index in [1.54, 1.807) is 24.7 Å². The zero-order chi connectivity index (χ0) is 19.3. The number of piperidine rings is 1. The molecule has 1 aromatic carbocycles. The second-order valence-corrected chi connectivity index (χ2v) is 7.72. The van der Waals surface area contributed by atoms with E-state index in [1.165, 1.54) is 16.7 Å². The van der Waals surface area contributed by atoms with Gasteiger partial charge >= 0.3 is 0 Å². The predicted octanol–water partition coefficient (Wildman–Crippen LogP) is 2.55. The van der Waals surface area contributed by atoms with Crippen molar-refractivity contribution in [1.82, 2.24) is 15.3 Å². The Labute approximate surface area is 164 Å². The summed E-state index contributed by atoms with van der Waals surface area (Å²) in [5, 5.41) is 3.96. The summed E-state index contributed by atoms with van der Waals surface area (Å²) in [5.74, 6) is -0.556. The van der Waals surface area contributed by atoms with Gasteiger partial charge in [-0.3, -0.25) is 29.6 Å². The first-order valence-corrected chi connectivity index (χ1v) is 9.62. The highest BCUT2D eigenvalue weighted by Crippen LogP contribution is 2.42. The zero-order valence-electron chi connectivity index (χ0n) is 14.6. The maximum Gasteiger partial charge on any atom is 0.260 e. The van der Waals surface area contributed by atoms with Crippen molar-refractivity contribution in [2.75, 3.05) is 4.90 Å². The number of carbonyl (C=O) groups excluding carboxylic acids is 3. The number of aromatic nitrogens is 2. The summed E-state index contributed by atoms with van der Waals surface area (Å²) in [5.41, 5.74) is 0.526. The maximum atomic E-state index is 13.1. The van der Waals surface area contributed by atoms with Crippen LogP contribution in [0.5, 0.6) is 0 Å². The molecule has 0 radical (unpaired) electrons. The number of amides is 3. The molecule has 4 heterocycles. The van der Waals surface area contributed by atoms with E-state index < -0.39 is 11.9 Å². The van der Waals surface area contributed by atoms with Crippen LogP contribution in [0.3, 0.4) is 0 Å². The topological polar surface area (TPSA) is 92.3 Å². The number of nitrogens with one attached hydrogen (secondary N) is 1. The Morgan fingerprint density at radius 3 is 2.79 bits per heavy atom. The van der Waals surface area contributed by atoms with Crippen LogP contribution >= 0.6 is 11.8 Å². The van der Waals surface area contributed by atoms with Crippen LogP contribution in [0.25, 0.3) is 10.8 Å². The number of rotatable bonds is 3. The zero-order valence-corrected chi connectivity index (χ0v) is 15.4. The summed E-state index contributed by atoms with van der Waals surface area (Å²) < 4.78 is 0. The molecule has 1 N–H and O–H groups in total. The van der Waals surface area contributed by atoms with Gasteiger partial charge in [-0.15, -0.1) is 0 Å². The first-order chi connectivity index (χ1) is 13.6. The van der Waals surface area contributed by atoms with Crippen LogP contribution in [-0.4, -0.2) is 33.7 Å². The second-order valence-electron chi connectivity index (χ2n) is 6.61. The summed E-state index contributed by atoms with van der Waals surface area (Å²) >= 11 is 1.52. The number of benzene rings is 1. The number of anilines is 1. The van der Waals surface area contributed by atoms with Crippen LogP contribution < -0.4 is 10.2 Å². The standard InChI is InChI=1S/C20H14N4O3S/c25-16-7-6-14(19(26)23-16)24-18-17-12(4-1-5-13(17)20(24)27)15(10-22-18)28-11-3-2-8-21-9-11/h1-5,8-10,14H,6-7H2,(H,23,25,26). The highest BCUT2D eigenvalue weighted by molar-refractivity contribution is 7.99. The normalized spacial score (nSPS) is 18.6. The molecule has 1 fully saturated rings. The van der Waals surface area contributed by atoms with Crippen molar-refractivity contribution in [3.63, 3.8) is 0 Å². The van der Waals surface area contributed by atoms with E-state index in [0.29, 0.717) is 17.8 Å². The van der Waals surface area contributed by atoms with Gasteiger partial charge in [0.05, 0.1) is 5.56 Å². The Kier molecular flexibility index (Phi) is 3.87. The summed E-state index contributed by atoms with van der Waals surface area (Å²) in [6.45, 7) is 0. The fourth-order valence-electron chi connectivity index (χ4n) is 3.67. The molecule has 0 bridgehead atoms. The van der Waals surface area contributed by atoms with Gasteiger partial charge in [0.15, 0.2) is 0 Å².